The number of nitrogens with one attached hydrogen (secondary N) is 2. The van der Waals surface area contributed by atoms with Crippen LogP contribution in [0.4, 0.5) is 16.2 Å². The van der Waals surface area contributed by atoms with Gasteiger partial charge in [-0.1, -0.05) is 38.1 Å². The summed E-state index contributed by atoms with van der Waals surface area (Å²) in [6.07, 6.45) is 0. The molecular formula is C19H21N3O4. The Morgan fingerprint density at radius 3 is 2.46 bits per heavy atom. The average molecular weight is 355 g/mol. The SMILES string of the molecule is CC(C)c1ccccc1NC(=O)COC(=O)c1cccc(NC(N)=O)c1. The number of hydrogen-bond acceptors (Lipinski definition) is 4. The van der Waals surface area contributed by atoms with Crippen LogP contribution in [0.2, 0.25) is 0 Å². The van der Waals surface area contributed by atoms with Crippen molar-refractivity contribution in [3.05, 3.63) is 59.7 Å². The number of carbonyl (C=O) groups excluding carboxylic acids is 3. The maximum absolute atomic E-state index is 12.1. The maximum atomic E-state index is 12.1. The summed E-state index contributed by atoms with van der Waals surface area (Å²) in [5.41, 5.74) is 7.29. The number of primary amides is 1. The molecule has 0 radical (unpaired) electrons. The van der Waals surface area contributed by atoms with Crippen LogP contribution in [0.1, 0.15) is 35.7 Å². The lowest BCUT2D eigenvalue weighted by molar-refractivity contribution is -0.119. The number of benzene rings is 2. The molecule has 0 spiro atoms. The number of anilines is 2. The van der Waals surface area contributed by atoms with Gasteiger partial charge in [0.1, 0.15) is 0 Å². The minimum Gasteiger partial charge on any atom is -0.452 e. The van der Waals surface area contributed by atoms with Crippen molar-refractivity contribution in [2.24, 2.45) is 5.73 Å². The minimum atomic E-state index is -0.737. The molecule has 0 saturated carbocycles. The largest absolute Gasteiger partial charge is 0.452 e. The van der Waals surface area contributed by atoms with Crippen LogP contribution in [0.15, 0.2) is 48.5 Å². The molecular weight excluding hydrogens is 334 g/mol. The lowest BCUT2D eigenvalue weighted by atomic mass is 10.0. The molecule has 3 amide bonds. The first-order valence-electron chi connectivity index (χ1n) is 8.09. The molecule has 0 atom stereocenters. The number of rotatable bonds is 6. The van der Waals surface area contributed by atoms with Crippen LogP contribution in [-0.4, -0.2) is 24.5 Å². The second-order valence-corrected chi connectivity index (χ2v) is 5.94. The molecule has 4 N–H and O–H groups in total. The van der Waals surface area contributed by atoms with Gasteiger partial charge in [0.05, 0.1) is 5.56 Å². The van der Waals surface area contributed by atoms with Crippen molar-refractivity contribution in [1.82, 2.24) is 0 Å². The smallest absolute Gasteiger partial charge is 0.338 e. The second-order valence-electron chi connectivity index (χ2n) is 5.94. The summed E-state index contributed by atoms with van der Waals surface area (Å²) in [4.78, 5) is 35.0. The van der Waals surface area contributed by atoms with Crippen molar-refractivity contribution in [1.29, 1.82) is 0 Å². The Hall–Kier alpha value is -3.35. The maximum Gasteiger partial charge on any atom is 0.338 e. The van der Waals surface area contributed by atoms with E-state index in [4.69, 9.17) is 10.5 Å². The molecule has 0 fully saturated rings. The molecule has 2 aromatic rings. The first-order valence-corrected chi connectivity index (χ1v) is 8.09. The van der Waals surface area contributed by atoms with Crippen molar-refractivity contribution in [3.63, 3.8) is 0 Å². The van der Waals surface area contributed by atoms with E-state index in [1.807, 2.05) is 32.0 Å². The number of para-hydroxylation sites is 1. The van der Waals surface area contributed by atoms with Gasteiger partial charge >= 0.3 is 12.0 Å². The number of esters is 1. The molecule has 0 aromatic heterocycles. The van der Waals surface area contributed by atoms with Gasteiger partial charge in [-0.2, -0.15) is 0 Å². The van der Waals surface area contributed by atoms with E-state index in [0.717, 1.165) is 5.56 Å². The fourth-order valence-electron chi connectivity index (χ4n) is 2.38. The van der Waals surface area contributed by atoms with E-state index >= 15 is 0 Å². The Labute approximate surface area is 151 Å². The van der Waals surface area contributed by atoms with Crippen LogP contribution in [0.3, 0.4) is 0 Å². The van der Waals surface area contributed by atoms with Crippen LogP contribution in [0.5, 0.6) is 0 Å². The van der Waals surface area contributed by atoms with E-state index in [1.54, 1.807) is 18.2 Å². The summed E-state index contributed by atoms with van der Waals surface area (Å²) >= 11 is 0. The van der Waals surface area contributed by atoms with Crippen molar-refractivity contribution in [2.75, 3.05) is 17.2 Å². The van der Waals surface area contributed by atoms with Crippen LogP contribution in [-0.2, 0) is 9.53 Å². The number of ether oxygens (including phenoxy) is 1. The number of amides is 3. The van der Waals surface area contributed by atoms with E-state index in [2.05, 4.69) is 10.6 Å². The molecule has 136 valence electrons. The third kappa shape index (κ3) is 5.34. The lowest BCUT2D eigenvalue weighted by Crippen LogP contribution is -2.22. The Kier molecular flexibility index (Phi) is 6.32. The Bertz CT molecular complexity index is 818. The van der Waals surface area contributed by atoms with Crippen LogP contribution in [0, 0.1) is 0 Å². The van der Waals surface area contributed by atoms with Crippen LogP contribution in [0.25, 0.3) is 0 Å². The minimum absolute atomic E-state index is 0.201. The third-order valence-corrected chi connectivity index (χ3v) is 3.56. The highest BCUT2D eigenvalue weighted by Gasteiger charge is 2.13. The number of nitrogens with two attached hydrogens (primary N) is 1. The van der Waals surface area contributed by atoms with Gasteiger partial charge in [-0.05, 0) is 35.7 Å². The van der Waals surface area contributed by atoms with Gasteiger partial charge in [-0.15, -0.1) is 0 Å². The van der Waals surface area contributed by atoms with Gasteiger partial charge in [0.15, 0.2) is 6.61 Å². The summed E-state index contributed by atoms with van der Waals surface area (Å²) in [5.74, 6) is -0.863. The van der Waals surface area contributed by atoms with Crippen molar-refractivity contribution in [2.45, 2.75) is 19.8 Å². The highest BCUT2D eigenvalue weighted by Crippen LogP contribution is 2.23. The molecule has 0 aliphatic rings. The topological polar surface area (TPSA) is 111 Å². The van der Waals surface area contributed by atoms with Crippen molar-refractivity contribution < 1.29 is 19.1 Å². The summed E-state index contributed by atoms with van der Waals surface area (Å²) in [5, 5.41) is 5.11. The van der Waals surface area contributed by atoms with E-state index < -0.39 is 24.5 Å². The molecule has 0 aliphatic carbocycles. The predicted octanol–water partition coefficient (Wildman–Crippen LogP) is 3.10. The zero-order valence-electron chi connectivity index (χ0n) is 14.6. The Morgan fingerprint density at radius 2 is 1.77 bits per heavy atom. The monoisotopic (exact) mass is 355 g/mol. The summed E-state index contributed by atoms with van der Waals surface area (Å²) in [7, 11) is 0. The van der Waals surface area contributed by atoms with E-state index in [-0.39, 0.29) is 11.5 Å². The quantitative estimate of drug-likeness (QED) is 0.691. The third-order valence-electron chi connectivity index (χ3n) is 3.56. The molecule has 0 saturated heterocycles. The zero-order valence-corrected chi connectivity index (χ0v) is 14.6. The van der Waals surface area contributed by atoms with Crippen LogP contribution < -0.4 is 16.4 Å². The highest BCUT2D eigenvalue weighted by atomic mass is 16.5. The number of urea groups is 1. The zero-order chi connectivity index (χ0) is 19.1. The molecule has 0 unspecified atom stereocenters. The summed E-state index contributed by atoms with van der Waals surface area (Å²) in [6, 6.07) is 12.8. The van der Waals surface area contributed by atoms with Gasteiger partial charge in [0.25, 0.3) is 5.91 Å². The highest BCUT2D eigenvalue weighted by molar-refractivity contribution is 5.97. The predicted molar refractivity (Wildman–Crippen MR) is 99.1 cm³/mol. The average Bonchev–Trinajstić information content (AvgIpc) is 2.59. The van der Waals surface area contributed by atoms with Crippen molar-refractivity contribution in [3.8, 4) is 0 Å². The second kappa shape index (κ2) is 8.66. The van der Waals surface area contributed by atoms with Gasteiger partial charge in [-0.25, -0.2) is 9.59 Å². The molecule has 7 heteroatoms. The summed E-state index contributed by atoms with van der Waals surface area (Å²) < 4.78 is 5.03. The Morgan fingerprint density at radius 1 is 1.04 bits per heavy atom. The molecule has 26 heavy (non-hydrogen) atoms. The normalized spacial score (nSPS) is 10.3. The van der Waals surface area contributed by atoms with Gasteiger partial charge in [-0.3, -0.25) is 4.79 Å². The first kappa shape index (κ1) is 19.0. The molecule has 2 rings (SSSR count). The number of carbonyl (C=O) groups is 3. The van der Waals surface area contributed by atoms with Gasteiger partial charge in [0.2, 0.25) is 0 Å². The van der Waals surface area contributed by atoms with E-state index in [0.29, 0.717) is 11.4 Å². The van der Waals surface area contributed by atoms with E-state index in [9.17, 15) is 14.4 Å². The molecule has 0 heterocycles. The number of hydrogen-bond donors (Lipinski definition) is 3. The molecule has 2 aromatic carbocycles. The molecule has 0 bridgehead atoms. The standard InChI is InChI=1S/C19H21N3O4/c1-12(2)15-8-3-4-9-16(15)22-17(23)11-26-18(24)13-6-5-7-14(10-13)21-19(20)25/h3-10,12H,11H2,1-2H3,(H,22,23)(H3,20,21,25). The van der Waals surface area contributed by atoms with Crippen LogP contribution >= 0.6 is 0 Å². The van der Waals surface area contributed by atoms with Gasteiger partial charge < -0.3 is 21.1 Å². The molecule has 0 aliphatic heterocycles. The van der Waals surface area contributed by atoms with Gasteiger partial charge in [0, 0.05) is 11.4 Å². The lowest BCUT2D eigenvalue weighted by Gasteiger charge is -2.13. The fraction of sp³-hybridized carbons (Fsp3) is 0.211. The Balaban J connectivity index is 1.95. The molecule has 7 nitrogen and oxygen atoms in total. The fourth-order valence-corrected chi connectivity index (χ4v) is 2.38. The van der Waals surface area contributed by atoms with E-state index in [1.165, 1.54) is 12.1 Å². The first-order chi connectivity index (χ1) is 12.4. The van der Waals surface area contributed by atoms with Crippen molar-refractivity contribution >= 4 is 29.3 Å². The summed E-state index contributed by atoms with van der Waals surface area (Å²) in [6.45, 7) is 3.63.